The number of rotatable bonds is 14. The number of anilines is 1. The molecular formula is C40H43N9O4Si. The van der Waals surface area contributed by atoms with E-state index in [1.807, 2.05) is 66.7 Å². The largest absolute Gasteiger partial charge is 0.440 e. The fourth-order valence-corrected chi connectivity index (χ4v) is 11.5. The molecule has 3 aromatic heterocycles. The summed E-state index contributed by atoms with van der Waals surface area (Å²) in [5.74, 6) is 0.209. The van der Waals surface area contributed by atoms with Crippen LogP contribution in [0.1, 0.15) is 45.4 Å². The number of fused-ring (bicyclic) bond motifs is 2. The van der Waals surface area contributed by atoms with Crippen LogP contribution < -0.4 is 26.3 Å². The number of hydrogen-bond acceptors (Lipinski definition) is 10. The highest BCUT2D eigenvalue weighted by Gasteiger charge is 2.50. The van der Waals surface area contributed by atoms with Crippen LogP contribution in [-0.2, 0) is 15.7 Å². The van der Waals surface area contributed by atoms with Gasteiger partial charge in [-0.15, -0.1) is 5.10 Å². The van der Waals surface area contributed by atoms with Crippen molar-refractivity contribution in [1.82, 2.24) is 40.0 Å². The first-order valence-corrected chi connectivity index (χ1v) is 19.8. The van der Waals surface area contributed by atoms with E-state index in [0.29, 0.717) is 41.6 Å². The minimum Gasteiger partial charge on any atom is -0.440 e. The SMILES string of the molecule is CC(C)(C)[Si](OCCC[C@@H](OC(=O)NCc1ccccc1)[C@@H](On1nnc2ccccc21)n1cnc2c(N)ncnc21)(c1ccccc1)c1ccccc1. The predicted octanol–water partition coefficient (Wildman–Crippen LogP) is 5.43. The molecule has 0 bridgehead atoms. The topological polar surface area (TPSA) is 157 Å². The number of amides is 1. The molecule has 7 rings (SSSR count). The van der Waals surface area contributed by atoms with Crippen molar-refractivity contribution in [3.8, 4) is 0 Å². The van der Waals surface area contributed by atoms with Gasteiger partial charge in [-0.25, -0.2) is 19.7 Å². The molecule has 4 aromatic carbocycles. The van der Waals surface area contributed by atoms with Gasteiger partial charge in [-0.05, 0) is 51.2 Å². The van der Waals surface area contributed by atoms with Crippen LogP contribution in [-0.4, -0.2) is 61.8 Å². The van der Waals surface area contributed by atoms with Gasteiger partial charge >= 0.3 is 6.09 Å². The first-order valence-electron chi connectivity index (χ1n) is 17.9. The highest BCUT2D eigenvalue weighted by molar-refractivity contribution is 6.99. The molecule has 13 nitrogen and oxygen atoms in total. The van der Waals surface area contributed by atoms with Gasteiger partial charge in [0.1, 0.15) is 29.2 Å². The van der Waals surface area contributed by atoms with E-state index >= 15 is 0 Å². The lowest BCUT2D eigenvalue weighted by Gasteiger charge is -2.43. The summed E-state index contributed by atoms with van der Waals surface area (Å²) in [6.07, 6.45) is 1.25. The summed E-state index contributed by atoms with van der Waals surface area (Å²) < 4.78 is 15.2. The minimum atomic E-state index is -2.83. The Morgan fingerprint density at radius 1 is 0.852 bits per heavy atom. The van der Waals surface area contributed by atoms with Crippen LogP contribution in [0.3, 0.4) is 0 Å². The Labute approximate surface area is 314 Å². The summed E-state index contributed by atoms with van der Waals surface area (Å²) in [5, 5.41) is 13.6. The Bertz CT molecular complexity index is 2260. The zero-order valence-corrected chi connectivity index (χ0v) is 31.4. The monoisotopic (exact) mass is 741 g/mol. The average Bonchev–Trinajstić information content (AvgIpc) is 3.81. The molecule has 3 heterocycles. The first kappa shape index (κ1) is 36.2. The van der Waals surface area contributed by atoms with Crippen molar-refractivity contribution >= 4 is 52.8 Å². The van der Waals surface area contributed by atoms with E-state index in [9.17, 15) is 4.79 Å². The second-order valence-corrected chi connectivity index (χ2v) is 18.3. The molecule has 7 aromatic rings. The number of aromatic nitrogens is 7. The molecule has 14 heteroatoms. The number of para-hydroxylation sites is 1. The number of nitrogens with two attached hydrogens (primary N) is 1. The molecule has 0 aliphatic carbocycles. The van der Waals surface area contributed by atoms with Crippen molar-refractivity contribution in [3.05, 3.63) is 133 Å². The molecule has 0 radical (unpaired) electrons. The van der Waals surface area contributed by atoms with Crippen molar-refractivity contribution in [3.63, 3.8) is 0 Å². The van der Waals surface area contributed by atoms with Gasteiger partial charge in [0.2, 0.25) is 6.23 Å². The fourth-order valence-electron chi connectivity index (χ4n) is 6.86. The van der Waals surface area contributed by atoms with E-state index in [4.69, 9.17) is 19.7 Å². The third kappa shape index (κ3) is 7.52. The number of imidazole rings is 1. The zero-order chi connectivity index (χ0) is 37.5. The van der Waals surface area contributed by atoms with Crippen LogP contribution in [0.2, 0.25) is 5.04 Å². The number of carbonyl (C=O) groups is 1. The van der Waals surface area contributed by atoms with Crippen LogP contribution in [0.4, 0.5) is 10.6 Å². The standard InChI is InChI=1S/C40H43N9O4Si/c1-40(2,3)54(30-18-9-5-10-19-30,31-20-11-6-12-21-31)51-25-15-24-34(52-39(50)42-26-29-16-7-4-8-17-29)38(48-28-45-35-36(41)43-27-44-37(35)48)53-49-33-23-14-13-22-32(33)46-47-49/h4-14,16-23,27-28,34,38H,15,24-26H2,1-3H3,(H,42,50)(H2,41,43,44)/t34-,38-/m1/s1. The second kappa shape index (κ2) is 15.9. The van der Waals surface area contributed by atoms with Crippen molar-refractivity contribution < 1.29 is 18.8 Å². The number of hydrogen-bond donors (Lipinski definition) is 2. The molecule has 0 saturated heterocycles. The lowest BCUT2D eigenvalue weighted by Crippen LogP contribution is -2.66. The maximum absolute atomic E-state index is 13.6. The molecule has 54 heavy (non-hydrogen) atoms. The first-order chi connectivity index (χ1) is 26.2. The minimum absolute atomic E-state index is 0.209. The van der Waals surface area contributed by atoms with Crippen LogP contribution in [0.5, 0.6) is 0 Å². The lowest BCUT2D eigenvalue weighted by atomic mass is 10.1. The Morgan fingerprint density at radius 2 is 1.50 bits per heavy atom. The molecular weight excluding hydrogens is 699 g/mol. The molecule has 0 aliphatic rings. The molecule has 0 spiro atoms. The van der Waals surface area contributed by atoms with Crippen LogP contribution in [0.15, 0.2) is 128 Å². The number of ether oxygens (including phenoxy) is 1. The van der Waals surface area contributed by atoms with Crippen molar-refractivity contribution in [2.24, 2.45) is 0 Å². The molecule has 3 N–H and O–H groups in total. The van der Waals surface area contributed by atoms with E-state index in [1.54, 1.807) is 10.9 Å². The third-order valence-electron chi connectivity index (χ3n) is 9.42. The van der Waals surface area contributed by atoms with E-state index < -0.39 is 26.7 Å². The molecule has 1 amide bonds. The second-order valence-electron chi connectivity index (χ2n) is 14.0. The van der Waals surface area contributed by atoms with Crippen molar-refractivity contribution in [1.29, 1.82) is 0 Å². The van der Waals surface area contributed by atoms with Crippen LogP contribution in [0, 0.1) is 0 Å². The number of carbonyl (C=O) groups excluding carboxylic acids is 1. The number of nitrogens with zero attached hydrogens (tertiary/aromatic N) is 7. The van der Waals surface area contributed by atoms with Crippen LogP contribution in [0.25, 0.3) is 22.2 Å². The number of nitrogens with one attached hydrogen (secondary N) is 1. The van der Waals surface area contributed by atoms with Gasteiger partial charge < -0.3 is 25.1 Å². The van der Waals surface area contributed by atoms with E-state index in [0.717, 1.165) is 5.56 Å². The Kier molecular flexibility index (Phi) is 10.6. The molecule has 0 fully saturated rings. The Balaban J connectivity index is 1.23. The lowest BCUT2D eigenvalue weighted by molar-refractivity contribution is -0.1000. The summed E-state index contributed by atoms with van der Waals surface area (Å²) >= 11 is 0. The van der Waals surface area contributed by atoms with Gasteiger partial charge in [0.25, 0.3) is 8.32 Å². The predicted molar refractivity (Wildman–Crippen MR) is 209 cm³/mol. The van der Waals surface area contributed by atoms with Crippen LogP contribution >= 0.6 is 0 Å². The van der Waals surface area contributed by atoms with Gasteiger partial charge in [0.15, 0.2) is 17.6 Å². The highest BCUT2D eigenvalue weighted by atomic mass is 28.4. The quantitative estimate of drug-likeness (QED) is 0.109. The Morgan fingerprint density at radius 3 is 2.19 bits per heavy atom. The van der Waals surface area contributed by atoms with Crippen molar-refractivity contribution in [2.45, 2.75) is 57.5 Å². The summed E-state index contributed by atoms with van der Waals surface area (Å²) in [6, 6.07) is 38.0. The van der Waals surface area contributed by atoms with Crippen molar-refractivity contribution in [2.75, 3.05) is 12.3 Å². The normalized spacial score (nSPS) is 13.1. The number of alkyl carbamates (subject to hydrolysis) is 1. The average molecular weight is 742 g/mol. The molecule has 2 atom stereocenters. The van der Waals surface area contributed by atoms with E-state index in [2.05, 4.69) is 99.9 Å². The van der Waals surface area contributed by atoms with E-state index in [-0.39, 0.29) is 17.4 Å². The zero-order valence-electron chi connectivity index (χ0n) is 30.4. The summed E-state index contributed by atoms with van der Waals surface area (Å²) in [4.78, 5) is 34.6. The smallest absolute Gasteiger partial charge is 0.407 e. The van der Waals surface area contributed by atoms with Gasteiger partial charge in [-0.1, -0.05) is 129 Å². The highest BCUT2D eigenvalue weighted by Crippen LogP contribution is 2.37. The molecule has 0 saturated carbocycles. The number of benzene rings is 4. The van der Waals surface area contributed by atoms with Gasteiger partial charge in [-0.2, -0.15) is 0 Å². The summed E-state index contributed by atoms with van der Waals surface area (Å²) in [6.45, 7) is 7.39. The Hall–Kier alpha value is -6.12. The van der Waals surface area contributed by atoms with Gasteiger partial charge in [0, 0.05) is 13.2 Å². The molecule has 0 unspecified atom stereocenters. The number of nitrogen functional groups attached to an aromatic ring is 1. The van der Waals surface area contributed by atoms with Gasteiger partial charge in [0.05, 0.1) is 0 Å². The summed E-state index contributed by atoms with van der Waals surface area (Å²) in [7, 11) is -2.83. The fraction of sp³-hybridized carbons (Fsp3) is 0.250. The molecule has 0 aliphatic heterocycles. The molecule has 276 valence electrons. The van der Waals surface area contributed by atoms with Gasteiger partial charge in [-0.3, -0.25) is 4.57 Å². The van der Waals surface area contributed by atoms with E-state index in [1.165, 1.54) is 21.5 Å². The maximum atomic E-state index is 13.6. The summed E-state index contributed by atoms with van der Waals surface area (Å²) in [5.41, 5.74) is 9.18. The maximum Gasteiger partial charge on any atom is 0.407 e. The third-order valence-corrected chi connectivity index (χ3v) is 14.5.